The van der Waals surface area contributed by atoms with Crippen LogP contribution in [0.2, 0.25) is 0 Å². The molecule has 5 nitrogen and oxygen atoms in total. The van der Waals surface area contributed by atoms with E-state index in [1.165, 1.54) is 11.6 Å². The lowest BCUT2D eigenvalue weighted by Gasteiger charge is -2.27. The second-order valence-electron chi connectivity index (χ2n) is 7.49. The third kappa shape index (κ3) is 4.40. The van der Waals surface area contributed by atoms with Gasteiger partial charge in [0.25, 0.3) is 5.91 Å². The monoisotopic (exact) mass is 400 g/mol. The van der Waals surface area contributed by atoms with Gasteiger partial charge in [0.1, 0.15) is 0 Å². The maximum absolute atomic E-state index is 12.6. The first-order valence-electron chi connectivity index (χ1n) is 10.2. The molecule has 1 heterocycles. The number of aryl methyl sites for hydroxylation is 1. The SMILES string of the molecule is CC(OC(=O)/C=C/c1cccc2cccnc12)C(=O)NC1CCCc2ccccc21. The van der Waals surface area contributed by atoms with Gasteiger partial charge >= 0.3 is 5.97 Å². The van der Waals surface area contributed by atoms with Crippen LogP contribution < -0.4 is 5.32 Å². The average Bonchev–Trinajstić information content (AvgIpc) is 2.78. The number of aromatic nitrogens is 1. The predicted octanol–water partition coefficient (Wildman–Crippen LogP) is 4.37. The number of ether oxygens (including phenoxy) is 1. The van der Waals surface area contributed by atoms with Crippen molar-refractivity contribution in [3.05, 3.63) is 83.6 Å². The average molecular weight is 400 g/mol. The molecule has 0 radical (unpaired) electrons. The highest BCUT2D eigenvalue weighted by molar-refractivity contribution is 5.94. The molecule has 1 aliphatic carbocycles. The molecule has 5 heteroatoms. The van der Waals surface area contributed by atoms with Gasteiger partial charge in [-0.15, -0.1) is 0 Å². The van der Waals surface area contributed by atoms with Gasteiger partial charge in [-0.1, -0.05) is 48.5 Å². The third-order valence-electron chi connectivity index (χ3n) is 5.41. The van der Waals surface area contributed by atoms with Crippen LogP contribution in [0, 0.1) is 0 Å². The molecule has 2 atom stereocenters. The number of esters is 1. The van der Waals surface area contributed by atoms with Crippen molar-refractivity contribution in [1.82, 2.24) is 10.3 Å². The molecule has 0 fully saturated rings. The maximum atomic E-state index is 12.6. The van der Waals surface area contributed by atoms with Gasteiger partial charge in [0, 0.05) is 23.2 Å². The molecule has 2 unspecified atom stereocenters. The van der Waals surface area contributed by atoms with Crippen LogP contribution in [-0.2, 0) is 20.7 Å². The molecule has 0 spiro atoms. The maximum Gasteiger partial charge on any atom is 0.331 e. The van der Waals surface area contributed by atoms with Crippen molar-refractivity contribution in [2.24, 2.45) is 0 Å². The van der Waals surface area contributed by atoms with Crippen molar-refractivity contribution in [2.45, 2.75) is 38.3 Å². The molecule has 4 rings (SSSR count). The highest BCUT2D eigenvalue weighted by Gasteiger charge is 2.24. The number of carbonyl (C=O) groups excluding carboxylic acids is 2. The zero-order valence-electron chi connectivity index (χ0n) is 16.9. The fourth-order valence-corrected chi connectivity index (χ4v) is 3.88. The van der Waals surface area contributed by atoms with Gasteiger partial charge in [-0.2, -0.15) is 0 Å². The largest absolute Gasteiger partial charge is 0.449 e. The molecule has 0 saturated heterocycles. The number of nitrogens with one attached hydrogen (secondary N) is 1. The number of pyridine rings is 1. The van der Waals surface area contributed by atoms with Gasteiger partial charge in [0.2, 0.25) is 0 Å². The van der Waals surface area contributed by atoms with E-state index in [2.05, 4.69) is 22.4 Å². The van der Waals surface area contributed by atoms with E-state index in [4.69, 9.17) is 4.74 Å². The topological polar surface area (TPSA) is 68.3 Å². The summed E-state index contributed by atoms with van der Waals surface area (Å²) in [6.45, 7) is 1.59. The van der Waals surface area contributed by atoms with E-state index in [0.717, 1.165) is 41.3 Å². The molecular weight excluding hydrogens is 376 g/mol. The van der Waals surface area contributed by atoms with Crippen molar-refractivity contribution in [3.8, 4) is 0 Å². The minimum Gasteiger partial charge on any atom is -0.449 e. The Bertz CT molecular complexity index is 1100. The molecule has 0 aliphatic heterocycles. The number of hydrogen-bond donors (Lipinski definition) is 1. The minimum absolute atomic E-state index is 0.0408. The van der Waals surface area contributed by atoms with E-state index in [-0.39, 0.29) is 11.9 Å². The van der Waals surface area contributed by atoms with Crippen LogP contribution in [0.1, 0.15) is 42.5 Å². The molecule has 152 valence electrons. The van der Waals surface area contributed by atoms with E-state index in [1.54, 1.807) is 19.2 Å². The smallest absolute Gasteiger partial charge is 0.331 e. The van der Waals surface area contributed by atoms with Crippen LogP contribution in [0.5, 0.6) is 0 Å². The van der Waals surface area contributed by atoms with Crippen molar-refractivity contribution < 1.29 is 14.3 Å². The Labute approximate surface area is 175 Å². The van der Waals surface area contributed by atoms with Gasteiger partial charge in [-0.3, -0.25) is 9.78 Å². The fourth-order valence-electron chi connectivity index (χ4n) is 3.88. The summed E-state index contributed by atoms with van der Waals surface area (Å²) in [5.41, 5.74) is 4.05. The number of carbonyl (C=O) groups is 2. The van der Waals surface area contributed by atoms with Gasteiger partial charge < -0.3 is 10.1 Å². The highest BCUT2D eigenvalue weighted by Crippen LogP contribution is 2.29. The van der Waals surface area contributed by atoms with Gasteiger partial charge in [0.15, 0.2) is 6.10 Å². The highest BCUT2D eigenvalue weighted by atomic mass is 16.5. The minimum atomic E-state index is -0.873. The molecule has 1 aliphatic rings. The Balaban J connectivity index is 1.38. The first-order valence-corrected chi connectivity index (χ1v) is 10.2. The summed E-state index contributed by atoms with van der Waals surface area (Å²) < 4.78 is 5.32. The Morgan fingerprint density at radius 1 is 1.13 bits per heavy atom. The summed E-state index contributed by atoms with van der Waals surface area (Å²) in [5.74, 6) is -0.847. The van der Waals surface area contributed by atoms with Crippen LogP contribution in [0.4, 0.5) is 0 Å². The lowest BCUT2D eigenvalue weighted by atomic mass is 9.87. The summed E-state index contributed by atoms with van der Waals surface area (Å²) in [6, 6.07) is 17.7. The van der Waals surface area contributed by atoms with Gasteiger partial charge in [-0.05, 0) is 49.5 Å². The van der Waals surface area contributed by atoms with Crippen LogP contribution in [0.15, 0.2) is 66.9 Å². The van der Waals surface area contributed by atoms with Crippen LogP contribution in [-0.4, -0.2) is 23.0 Å². The molecular formula is C25H24N2O3. The number of nitrogens with zero attached hydrogens (tertiary/aromatic N) is 1. The van der Waals surface area contributed by atoms with Crippen molar-refractivity contribution in [3.63, 3.8) is 0 Å². The zero-order valence-corrected chi connectivity index (χ0v) is 16.9. The summed E-state index contributed by atoms with van der Waals surface area (Å²) in [7, 11) is 0. The van der Waals surface area contributed by atoms with Crippen molar-refractivity contribution in [2.75, 3.05) is 0 Å². The van der Waals surface area contributed by atoms with Crippen molar-refractivity contribution in [1.29, 1.82) is 0 Å². The lowest BCUT2D eigenvalue weighted by molar-refractivity contribution is -0.150. The molecule has 0 bridgehead atoms. The summed E-state index contributed by atoms with van der Waals surface area (Å²) in [6.07, 6.45) is 6.79. The Hall–Kier alpha value is -3.47. The molecule has 2 aromatic carbocycles. The van der Waals surface area contributed by atoms with E-state index < -0.39 is 12.1 Å². The van der Waals surface area contributed by atoms with Crippen LogP contribution in [0.3, 0.4) is 0 Å². The standard InChI is InChI=1S/C25H24N2O3/c1-17(25(29)27-22-13-5-8-18-7-2-3-12-21(18)22)30-23(28)15-14-20-10-4-9-19-11-6-16-26-24(19)20/h2-4,6-7,9-12,14-17,22H,5,8,13H2,1H3,(H,27,29)/b15-14+. The van der Waals surface area contributed by atoms with E-state index in [9.17, 15) is 9.59 Å². The van der Waals surface area contributed by atoms with E-state index >= 15 is 0 Å². The number of rotatable bonds is 5. The first-order chi connectivity index (χ1) is 14.6. The van der Waals surface area contributed by atoms with Crippen LogP contribution in [0.25, 0.3) is 17.0 Å². The number of fused-ring (bicyclic) bond motifs is 2. The zero-order chi connectivity index (χ0) is 20.9. The normalized spacial score (nSPS) is 16.8. The van der Waals surface area contributed by atoms with E-state index in [1.807, 2.05) is 42.5 Å². The second-order valence-corrected chi connectivity index (χ2v) is 7.49. The van der Waals surface area contributed by atoms with Gasteiger partial charge in [0.05, 0.1) is 11.6 Å². The Morgan fingerprint density at radius 3 is 2.87 bits per heavy atom. The number of benzene rings is 2. The summed E-state index contributed by atoms with van der Waals surface area (Å²) in [5, 5.41) is 4.02. The van der Waals surface area contributed by atoms with E-state index in [0.29, 0.717) is 0 Å². The molecule has 30 heavy (non-hydrogen) atoms. The first kappa shape index (κ1) is 19.8. The molecule has 1 N–H and O–H groups in total. The fraction of sp³-hybridized carbons (Fsp3) is 0.240. The number of amides is 1. The Kier molecular flexibility index (Phi) is 5.89. The molecule has 1 aromatic heterocycles. The molecule has 3 aromatic rings. The quantitative estimate of drug-likeness (QED) is 0.510. The summed E-state index contributed by atoms with van der Waals surface area (Å²) >= 11 is 0. The van der Waals surface area contributed by atoms with Gasteiger partial charge in [-0.25, -0.2) is 4.79 Å². The molecule has 1 amide bonds. The van der Waals surface area contributed by atoms with Crippen molar-refractivity contribution >= 4 is 28.9 Å². The summed E-state index contributed by atoms with van der Waals surface area (Å²) in [4.78, 5) is 29.2. The Morgan fingerprint density at radius 2 is 1.97 bits per heavy atom. The third-order valence-corrected chi connectivity index (χ3v) is 5.41. The molecule has 0 saturated carbocycles. The second kappa shape index (κ2) is 8.91. The van der Waals surface area contributed by atoms with Crippen LogP contribution >= 0.6 is 0 Å². The number of para-hydroxylation sites is 1. The lowest BCUT2D eigenvalue weighted by Crippen LogP contribution is -2.39. The predicted molar refractivity (Wildman–Crippen MR) is 117 cm³/mol. The number of hydrogen-bond acceptors (Lipinski definition) is 4.